The number of methoxy groups -OCH3 is 2. The molecule has 93 heavy (non-hydrogen) atoms. The van der Waals surface area contributed by atoms with Crippen LogP contribution in [0.15, 0.2) is 182 Å². The Bertz CT molecular complexity index is 3380. The lowest BCUT2D eigenvalue weighted by atomic mass is 9.91. The molecular weight excluding hydrogens is 1180 g/mol. The van der Waals surface area contributed by atoms with Gasteiger partial charge in [-0.3, -0.25) is 34.0 Å². The second kappa shape index (κ2) is 34.4. The maximum absolute atomic E-state index is 13.6. The van der Waals surface area contributed by atoms with E-state index in [1.54, 1.807) is 31.5 Å². The standard InChI is InChI=1S/C37H42F3N5O3.C36H48N6O3/c1-47-34-12-6-5-11-32(34)44-26-23-43(24-27-44)25-28-45(35-13-7-8-20-42-35)36(46)19-22-41-21-18-33(29-9-3-2-4-10-29)48-31-16-14-30(15-17-31)37(38,39)40;1-4-40(5-2)35(44)36(29-13-7-6-8-14-29)27-30(36)28-37-20-18-34(43)42(33-17-11-12-19-38-33)26-23-39-21-24-41(25-22-39)31-15-9-10-16-32(31)45-3/h2-17,20,33,41H,18-19,21-28H2,1H3;6-17,19,30,37H,4-5,18,20-28H2,1-3H3/t;30?,36-/m.1/s1. The Hall–Kier alpha value is -8.56. The Balaban J connectivity index is 0.000000220. The molecule has 2 aliphatic heterocycles. The van der Waals surface area contributed by atoms with E-state index in [9.17, 15) is 27.6 Å². The molecule has 17 nitrogen and oxygen atoms in total. The largest absolute Gasteiger partial charge is 0.495 e. The normalized spacial score (nSPS) is 16.9. The average Bonchev–Trinajstić information content (AvgIpc) is 1.56. The van der Waals surface area contributed by atoms with Crippen LogP contribution in [0.4, 0.5) is 36.2 Å². The smallest absolute Gasteiger partial charge is 0.416 e. The van der Waals surface area contributed by atoms with Gasteiger partial charge in [0.25, 0.3) is 0 Å². The first-order valence-electron chi connectivity index (χ1n) is 32.6. The number of hydrogen-bond donors (Lipinski definition) is 2. The number of aromatic nitrogens is 2. The number of pyridine rings is 2. The second-order valence-electron chi connectivity index (χ2n) is 23.5. The third-order valence-electron chi connectivity index (χ3n) is 17.8. The van der Waals surface area contributed by atoms with Crippen LogP contribution in [0.1, 0.15) is 62.3 Å². The molecule has 1 saturated carbocycles. The van der Waals surface area contributed by atoms with Gasteiger partial charge in [0, 0.05) is 136 Å². The molecule has 1 aliphatic carbocycles. The van der Waals surface area contributed by atoms with Gasteiger partial charge >= 0.3 is 6.18 Å². The fraction of sp³-hybridized carbons (Fsp3) is 0.411. The number of piperazine rings is 2. The number of likely N-dealkylation sites (N-methyl/N-ethyl adjacent to an activating group) is 1. The number of amides is 3. The fourth-order valence-electron chi connectivity index (χ4n) is 12.4. The van der Waals surface area contributed by atoms with Crippen molar-refractivity contribution in [1.82, 2.24) is 35.3 Å². The molecule has 3 amide bonds. The van der Waals surface area contributed by atoms with Crippen molar-refractivity contribution >= 4 is 40.7 Å². The van der Waals surface area contributed by atoms with E-state index in [2.05, 4.69) is 64.5 Å². The number of anilines is 4. The highest BCUT2D eigenvalue weighted by molar-refractivity contribution is 5.94. The molecule has 3 atom stereocenters. The van der Waals surface area contributed by atoms with Crippen LogP contribution in [0.3, 0.4) is 0 Å². The van der Waals surface area contributed by atoms with Crippen LogP contribution in [0.25, 0.3) is 0 Å². The van der Waals surface area contributed by atoms with Crippen LogP contribution >= 0.6 is 0 Å². The fourth-order valence-corrected chi connectivity index (χ4v) is 12.4. The van der Waals surface area contributed by atoms with E-state index in [4.69, 9.17) is 14.2 Å². The molecule has 3 fully saturated rings. The number of nitrogens with zero attached hydrogens (tertiary/aromatic N) is 9. The van der Waals surface area contributed by atoms with Gasteiger partial charge < -0.3 is 39.5 Å². The maximum Gasteiger partial charge on any atom is 0.416 e. The molecule has 5 aromatic carbocycles. The number of alkyl halides is 3. The minimum absolute atomic E-state index is 0.0190. The van der Waals surface area contributed by atoms with Crippen molar-refractivity contribution in [2.75, 3.05) is 152 Å². The van der Waals surface area contributed by atoms with Crippen molar-refractivity contribution < 1.29 is 41.8 Å². The molecule has 0 bridgehead atoms. The first kappa shape index (κ1) is 68.8. The lowest BCUT2D eigenvalue weighted by molar-refractivity contribution is -0.137. The molecule has 20 heteroatoms. The number of nitrogens with one attached hydrogen (secondary N) is 2. The number of hydrogen-bond acceptors (Lipinski definition) is 14. The van der Waals surface area contributed by atoms with Crippen LogP contribution in [-0.4, -0.2) is 174 Å². The summed E-state index contributed by atoms with van der Waals surface area (Å²) in [5.74, 6) is 3.90. The van der Waals surface area contributed by atoms with Gasteiger partial charge in [0.1, 0.15) is 35.0 Å². The zero-order valence-corrected chi connectivity index (χ0v) is 54.1. The van der Waals surface area contributed by atoms with Gasteiger partial charge in [-0.15, -0.1) is 0 Å². The summed E-state index contributed by atoms with van der Waals surface area (Å²) in [7, 11) is 3.41. The summed E-state index contributed by atoms with van der Waals surface area (Å²) in [5.41, 5.74) is 3.04. The molecule has 4 heterocycles. The highest BCUT2D eigenvalue weighted by Crippen LogP contribution is 2.55. The van der Waals surface area contributed by atoms with E-state index in [-0.39, 0.29) is 36.2 Å². The highest BCUT2D eigenvalue weighted by Gasteiger charge is 2.61. The van der Waals surface area contributed by atoms with E-state index in [1.807, 2.05) is 145 Å². The van der Waals surface area contributed by atoms with Gasteiger partial charge in [-0.2, -0.15) is 13.2 Å². The van der Waals surface area contributed by atoms with Crippen LogP contribution < -0.4 is 44.4 Å². The van der Waals surface area contributed by atoms with Crippen molar-refractivity contribution in [1.29, 1.82) is 0 Å². The Morgan fingerprint density at radius 3 is 1.53 bits per heavy atom. The van der Waals surface area contributed by atoms with Crippen molar-refractivity contribution in [3.8, 4) is 17.2 Å². The summed E-state index contributed by atoms with van der Waals surface area (Å²) >= 11 is 0. The Labute approximate surface area is 546 Å². The number of rotatable bonds is 30. The molecule has 0 radical (unpaired) electrons. The van der Waals surface area contributed by atoms with Crippen LogP contribution in [0.2, 0.25) is 0 Å². The molecule has 3 aliphatic rings. The molecule has 2 N–H and O–H groups in total. The summed E-state index contributed by atoms with van der Waals surface area (Å²) in [4.78, 5) is 64.6. The minimum Gasteiger partial charge on any atom is -0.495 e. The average molecular weight is 1270 g/mol. The first-order chi connectivity index (χ1) is 45.3. The van der Waals surface area contributed by atoms with Gasteiger partial charge in [0.2, 0.25) is 17.7 Å². The lowest BCUT2D eigenvalue weighted by Gasteiger charge is -2.37. The third kappa shape index (κ3) is 18.8. The highest BCUT2D eigenvalue weighted by atomic mass is 19.4. The zero-order valence-electron chi connectivity index (χ0n) is 54.1. The molecule has 494 valence electrons. The molecule has 2 aromatic heterocycles. The van der Waals surface area contributed by atoms with Crippen molar-refractivity contribution in [2.24, 2.45) is 5.92 Å². The monoisotopic (exact) mass is 1270 g/mol. The summed E-state index contributed by atoms with van der Waals surface area (Å²) in [5, 5.41) is 6.86. The number of benzene rings is 5. The number of halogens is 3. The summed E-state index contributed by atoms with van der Waals surface area (Å²) in [6.45, 7) is 17.5. The Morgan fingerprint density at radius 2 is 1.05 bits per heavy atom. The van der Waals surface area contributed by atoms with E-state index >= 15 is 0 Å². The predicted octanol–water partition coefficient (Wildman–Crippen LogP) is 10.5. The number of carbonyl (C=O) groups is 3. The molecule has 0 spiro atoms. The maximum atomic E-state index is 13.6. The van der Waals surface area contributed by atoms with Crippen LogP contribution in [-0.2, 0) is 26.0 Å². The topological polar surface area (TPSA) is 151 Å². The van der Waals surface area contributed by atoms with E-state index in [0.29, 0.717) is 82.6 Å². The molecule has 10 rings (SSSR count). The van der Waals surface area contributed by atoms with Gasteiger partial charge in [-0.05, 0) is 123 Å². The quantitative estimate of drug-likeness (QED) is 0.0411. The van der Waals surface area contributed by atoms with E-state index in [0.717, 1.165) is 118 Å². The second-order valence-corrected chi connectivity index (χ2v) is 23.5. The predicted molar refractivity (Wildman–Crippen MR) is 361 cm³/mol. The Kier molecular flexibility index (Phi) is 25.4. The van der Waals surface area contributed by atoms with Gasteiger partial charge in [0.15, 0.2) is 0 Å². The van der Waals surface area contributed by atoms with Gasteiger partial charge in [-0.25, -0.2) is 9.97 Å². The molecule has 2 saturated heterocycles. The number of ether oxygens (including phenoxy) is 3. The van der Waals surface area contributed by atoms with Crippen molar-refractivity contribution in [2.45, 2.75) is 57.2 Å². The third-order valence-corrected chi connectivity index (χ3v) is 17.8. The first-order valence-corrected chi connectivity index (χ1v) is 32.6. The lowest BCUT2D eigenvalue weighted by Crippen LogP contribution is -2.49. The molecule has 2 unspecified atom stereocenters. The summed E-state index contributed by atoms with van der Waals surface area (Å²) in [6, 6.07) is 52.0. The van der Waals surface area contributed by atoms with E-state index < -0.39 is 17.2 Å². The van der Waals surface area contributed by atoms with Gasteiger partial charge in [-0.1, -0.05) is 97.1 Å². The van der Waals surface area contributed by atoms with E-state index in [1.165, 1.54) is 12.1 Å². The summed E-state index contributed by atoms with van der Waals surface area (Å²) < 4.78 is 56.3. The van der Waals surface area contributed by atoms with Gasteiger partial charge in [0.05, 0.1) is 36.6 Å². The minimum atomic E-state index is -4.40. The number of carbonyl (C=O) groups excluding carboxylic acids is 3. The SMILES string of the molecule is CCN(CC)C(=O)[C@@]1(c2ccccc2)CC1CNCCC(=O)N(CCN1CCN(c2ccccc2OC)CC1)c1ccccn1.COc1ccccc1N1CCN(CCN(C(=O)CCNCCC(Oc2ccc(C(F)(F)F)cc2)c2ccccc2)c2ccccn2)CC1. The molecule has 7 aromatic rings. The van der Waals surface area contributed by atoms with Crippen LogP contribution in [0, 0.1) is 5.92 Å². The zero-order chi connectivity index (χ0) is 65.4. The number of para-hydroxylation sites is 4. The Morgan fingerprint density at radius 1 is 0.581 bits per heavy atom. The molecular formula is C73H90F3N11O6. The van der Waals surface area contributed by atoms with Crippen LogP contribution in [0.5, 0.6) is 17.2 Å². The van der Waals surface area contributed by atoms with Crippen molar-refractivity contribution in [3.05, 3.63) is 199 Å². The summed E-state index contributed by atoms with van der Waals surface area (Å²) in [6.07, 6.45) is 0.698. The van der Waals surface area contributed by atoms with Crippen molar-refractivity contribution in [3.63, 3.8) is 0 Å².